The van der Waals surface area contributed by atoms with Crippen molar-refractivity contribution in [2.24, 2.45) is 11.7 Å². The van der Waals surface area contributed by atoms with E-state index in [0.717, 1.165) is 24.5 Å². The van der Waals surface area contributed by atoms with Gasteiger partial charge in [0.2, 0.25) is 0 Å². The lowest BCUT2D eigenvalue weighted by Crippen LogP contribution is -2.16. The number of hydrogen-bond donors (Lipinski definition) is 1. The molecule has 0 saturated heterocycles. The van der Waals surface area contributed by atoms with Crippen molar-refractivity contribution in [1.29, 1.82) is 0 Å². The lowest BCUT2D eigenvalue weighted by molar-refractivity contribution is 0.268. The molecule has 2 rings (SSSR count). The summed E-state index contributed by atoms with van der Waals surface area (Å²) in [6, 6.07) is 16.4. The fourth-order valence-electron chi connectivity index (χ4n) is 2.55. The second kappa shape index (κ2) is 8.59. The molecule has 2 aromatic carbocycles. The van der Waals surface area contributed by atoms with E-state index in [1.807, 2.05) is 24.3 Å². The summed E-state index contributed by atoms with van der Waals surface area (Å²) in [5.41, 5.74) is 8.46. The van der Waals surface area contributed by atoms with Gasteiger partial charge in [-0.3, -0.25) is 0 Å². The molecular formula is C20H27NO2. The summed E-state index contributed by atoms with van der Waals surface area (Å²) in [7, 11) is 1.68. The number of para-hydroxylation sites is 1. The van der Waals surface area contributed by atoms with Crippen molar-refractivity contribution in [2.75, 3.05) is 20.3 Å². The SMILES string of the molecule is COc1ccc(C(CN)Cc2ccccc2OCC(C)C)cc1. The Morgan fingerprint density at radius 2 is 1.70 bits per heavy atom. The van der Waals surface area contributed by atoms with E-state index in [2.05, 4.69) is 38.1 Å². The number of ether oxygens (including phenoxy) is 2. The highest BCUT2D eigenvalue weighted by Gasteiger charge is 2.14. The van der Waals surface area contributed by atoms with E-state index in [-0.39, 0.29) is 5.92 Å². The van der Waals surface area contributed by atoms with E-state index in [9.17, 15) is 0 Å². The quantitative estimate of drug-likeness (QED) is 0.800. The van der Waals surface area contributed by atoms with Crippen LogP contribution in [-0.4, -0.2) is 20.3 Å². The highest BCUT2D eigenvalue weighted by molar-refractivity contribution is 5.36. The minimum atomic E-state index is 0.268. The summed E-state index contributed by atoms with van der Waals surface area (Å²) in [4.78, 5) is 0. The van der Waals surface area contributed by atoms with E-state index < -0.39 is 0 Å². The number of benzene rings is 2. The number of methoxy groups -OCH3 is 1. The first-order valence-corrected chi connectivity index (χ1v) is 8.18. The Labute approximate surface area is 139 Å². The number of hydrogen-bond acceptors (Lipinski definition) is 3. The first kappa shape index (κ1) is 17.4. The number of nitrogens with two attached hydrogens (primary N) is 1. The Morgan fingerprint density at radius 3 is 2.30 bits per heavy atom. The third kappa shape index (κ3) is 5.00. The van der Waals surface area contributed by atoms with Crippen LogP contribution < -0.4 is 15.2 Å². The zero-order valence-electron chi connectivity index (χ0n) is 14.3. The van der Waals surface area contributed by atoms with Gasteiger partial charge in [0.15, 0.2) is 0 Å². The summed E-state index contributed by atoms with van der Waals surface area (Å²) in [5, 5.41) is 0. The lowest BCUT2D eigenvalue weighted by atomic mass is 9.91. The van der Waals surface area contributed by atoms with Gasteiger partial charge in [0.1, 0.15) is 11.5 Å². The first-order chi connectivity index (χ1) is 11.1. The summed E-state index contributed by atoms with van der Waals surface area (Å²) in [6.07, 6.45) is 0.872. The topological polar surface area (TPSA) is 44.5 Å². The molecule has 1 unspecified atom stereocenters. The van der Waals surface area contributed by atoms with Crippen molar-refractivity contribution in [3.8, 4) is 11.5 Å². The van der Waals surface area contributed by atoms with Crippen LogP contribution in [0.1, 0.15) is 30.9 Å². The molecule has 0 amide bonds. The van der Waals surface area contributed by atoms with Crippen LogP contribution in [0.4, 0.5) is 0 Å². The molecular weight excluding hydrogens is 286 g/mol. The molecule has 0 aliphatic heterocycles. The molecule has 124 valence electrons. The smallest absolute Gasteiger partial charge is 0.122 e. The van der Waals surface area contributed by atoms with Gasteiger partial charge in [0.05, 0.1) is 13.7 Å². The lowest BCUT2D eigenvalue weighted by Gasteiger charge is -2.19. The van der Waals surface area contributed by atoms with E-state index in [0.29, 0.717) is 12.5 Å². The standard InChI is InChI=1S/C20H27NO2/c1-15(2)14-23-20-7-5-4-6-17(20)12-18(13-21)16-8-10-19(22-3)11-9-16/h4-11,15,18H,12-14,21H2,1-3H3. The van der Waals surface area contributed by atoms with Crippen LogP contribution in [0.2, 0.25) is 0 Å². The van der Waals surface area contributed by atoms with Crippen LogP contribution in [0, 0.1) is 5.92 Å². The Morgan fingerprint density at radius 1 is 1.00 bits per heavy atom. The van der Waals surface area contributed by atoms with Gasteiger partial charge in [0.25, 0.3) is 0 Å². The van der Waals surface area contributed by atoms with Gasteiger partial charge in [-0.05, 0) is 48.2 Å². The van der Waals surface area contributed by atoms with Gasteiger partial charge >= 0.3 is 0 Å². The van der Waals surface area contributed by atoms with Gasteiger partial charge in [-0.25, -0.2) is 0 Å². The van der Waals surface area contributed by atoms with E-state index in [4.69, 9.17) is 15.2 Å². The van der Waals surface area contributed by atoms with Crippen LogP contribution in [0.15, 0.2) is 48.5 Å². The molecule has 1 atom stereocenters. The van der Waals surface area contributed by atoms with Crippen molar-refractivity contribution < 1.29 is 9.47 Å². The van der Waals surface area contributed by atoms with E-state index in [1.54, 1.807) is 7.11 Å². The Bertz CT molecular complexity index is 593. The summed E-state index contributed by atoms with van der Waals surface area (Å²) < 4.78 is 11.2. The van der Waals surface area contributed by atoms with E-state index in [1.165, 1.54) is 11.1 Å². The van der Waals surface area contributed by atoms with Gasteiger partial charge in [-0.2, -0.15) is 0 Å². The molecule has 0 heterocycles. The maximum atomic E-state index is 6.02. The molecule has 0 aromatic heterocycles. The average Bonchev–Trinajstić information content (AvgIpc) is 2.58. The molecule has 0 aliphatic carbocycles. The Kier molecular flexibility index (Phi) is 6.48. The molecule has 0 fully saturated rings. The maximum Gasteiger partial charge on any atom is 0.122 e. The van der Waals surface area contributed by atoms with Gasteiger partial charge in [-0.1, -0.05) is 44.2 Å². The fraction of sp³-hybridized carbons (Fsp3) is 0.400. The Hall–Kier alpha value is -2.00. The molecule has 0 spiro atoms. The molecule has 2 N–H and O–H groups in total. The normalized spacial score (nSPS) is 12.2. The maximum absolute atomic E-state index is 6.02. The van der Waals surface area contributed by atoms with Gasteiger partial charge in [0, 0.05) is 5.92 Å². The zero-order valence-corrected chi connectivity index (χ0v) is 14.3. The second-order valence-electron chi connectivity index (χ2n) is 6.22. The summed E-state index contributed by atoms with van der Waals surface area (Å²) in [6.45, 7) is 5.64. The molecule has 2 aromatic rings. The molecule has 3 nitrogen and oxygen atoms in total. The minimum Gasteiger partial charge on any atom is -0.497 e. The summed E-state index contributed by atoms with van der Waals surface area (Å²) >= 11 is 0. The molecule has 23 heavy (non-hydrogen) atoms. The van der Waals surface area contributed by atoms with Crippen LogP contribution in [0.3, 0.4) is 0 Å². The van der Waals surface area contributed by atoms with Gasteiger partial charge in [-0.15, -0.1) is 0 Å². The monoisotopic (exact) mass is 313 g/mol. The van der Waals surface area contributed by atoms with Crippen molar-refractivity contribution >= 4 is 0 Å². The zero-order chi connectivity index (χ0) is 16.7. The highest BCUT2D eigenvalue weighted by atomic mass is 16.5. The van der Waals surface area contributed by atoms with Crippen LogP contribution in [-0.2, 0) is 6.42 Å². The predicted molar refractivity (Wildman–Crippen MR) is 95.3 cm³/mol. The molecule has 0 aliphatic rings. The molecule has 0 saturated carbocycles. The minimum absolute atomic E-state index is 0.268. The van der Waals surface area contributed by atoms with Crippen molar-refractivity contribution in [3.63, 3.8) is 0 Å². The third-order valence-corrected chi connectivity index (χ3v) is 3.88. The third-order valence-electron chi connectivity index (χ3n) is 3.88. The molecule has 0 radical (unpaired) electrons. The molecule has 3 heteroatoms. The first-order valence-electron chi connectivity index (χ1n) is 8.18. The predicted octanol–water partition coefficient (Wildman–Crippen LogP) is 4.02. The molecule has 0 bridgehead atoms. The van der Waals surface area contributed by atoms with Crippen molar-refractivity contribution in [3.05, 3.63) is 59.7 Å². The fourth-order valence-corrected chi connectivity index (χ4v) is 2.55. The summed E-state index contributed by atoms with van der Waals surface area (Å²) in [5.74, 6) is 2.61. The highest BCUT2D eigenvalue weighted by Crippen LogP contribution is 2.27. The second-order valence-corrected chi connectivity index (χ2v) is 6.22. The largest absolute Gasteiger partial charge is 0.497 e. The average molecular weight is 313 g/mol. The number of rotatable bonds is 8. The van der Waals surface area contributed by atoms with Crippen LogP contribution >= 0.6 is 0 Å². The van der Waals surface area contributed by atoms with Gasteiger partial charge < -0.3 is 15.2 Å². The van der Waals surface area contributed by atoms with Crippen LogP contribution in [0.5, 0.6) is 11.5 Å². The van der Waals surface area contributed by atoms with Crippen molar-refractivity contribution in [1.82, 2.24) is 0 Å². The van der Waals surface area contributed by atoms with Crippen molar-refractivity contribution in [2.45, 2.75) is 26.2 Å². The Balaban J connectivity index is 2.14. The van der Waals surface area contributed by atoms with E-state index >= 15 is 0 Å². The van der Waals surface area contributed by atoms with Crippen LogP contribution in [0.25, 0.3) is 0 Å².